The molecule has 1 unspecified atom stereocenters. The summed E-state index contributed by atoms with van der Waals surface area (Å²) in [6.45, 7) is 0. The molecule has 1 aliphatic heterocycles. The van der Waals surface area contributed by atoms with Gasteiger partial charge >= 0.3 is 0 Å². The number of hydrogen-bond acceptors (Lipinski definition) is 5. The Kier molecular flexibility index (Phi) is 5.98. The van der Waals surface area contributed by atoms with Crippen molar-refractivity contribution in [2.24, 2.45) is 0 Å². The molecule has 0 N–H and O–H groups in total. The monoisotopic (exact) mass is 475 g/mol. The Morgan fingerprint density at radius 3 is 2.44 bits per heavy atom. The number of amides is 1. The van der Waals surface area contributed by atoms with Crippen molar-refractivity contribution in [3.8, 4) is 28.4 Å². The topological polar surface area (TPSA) is 56.6 Å². The van der Waals surface area contributed by atoms with E-state index in [9.17, 15) is 9.18 Å². The van der Waals surface area contributed by atoms with Crippen molar-refractivity contribution in [3.05, 3.63) is 90.4 Å². The minimum Gasteiger partial charge on any atom is -0.493 e. The van der Waals surface area contributed by atoms with Crippen molar-refractivity contribution in [1.82, 2.24) is 9.78 Å². The molecule has 0 bridgehead atoms. The van der Waals surface area contributed by atoms with Gasteiger partial charge in [-0.05, 0) is 48.5 Å². The third-order valence-electron chi connectivity index (χ3n) is 5.64. The molecule has 1 saturated heterocycles. The molecule has 1 aromatic heterocycles. The van der Waals surface area contributed by atoms with Gasteiger partial charge in [0.25, 0.3) is 0 Å². The lowest BCUT2D eigenvalue weighted by molar-refractivity contribution is -0.115. The van der Waals surface area contributed by atoms with Gasteiger partial charge in [0.05, 0.1) is 31.4 Å². The highest BCUT2D eigenvalue weighted by Crippen LogP contribution is 2.45. The van der Waals surface area contributed by atoms with Gasteiger partial charge in [-0.1, -0.05) is 24.3 Å². The number of methoxy groups -OCH3 is 2. The average Bonchev–Trinajstić information content (AvgIpc) is 3.48. The number of rotatable bonds is 6. The molecule has 34 heavy (non-hydrogen) atoms. The first-order valence-corrected chi connectivity index (χ1v) is 11.7. The summed E-state index contributed by atoms with van der Waals surface area (Å²) in [6.07, 6.45) is 1.93. The maximum Gasteiger partial charge on any atom is 0.238 e. The number of benzene rings is 3. The number of hydrogen-bond donors (Lipinski definition) is 0. The molecule has 6 nitrogen and oxygen atoms in total. The number of aromatic nitrogens is 2. The molecule has 1 amide bonds. The smallest absolute Gasteiger partial charge is 0.238 e. The fraction of sp³-hybridized carbons (Fsp3) is 0.154. The molecule has 1 atom stereocenters. The van der Waals surface area contributed by atoms with Crippen LogP contribution in [0.2, 0.25) is 0 Å². The predicted octanol–water partition coefficient (Wildman–Crippen LogP) is 5.47. The van der Waals surface area contributed by atoms with E-state index in [1.54, 1.807) is 35.9 Å². The SMILES string of the molecule is COc1ccc(-c2nn(-c3ccccc3)cc2C2SCC(=O)N2c2cccc(F)c2)cc1OC. The third kappa shape index (κ3) is 4.01. The van der Waals surface area contributed by atoms with E-state index in [1.807, 2.05) is 54.7 Å². The summed E-state index contributed by atoms with van der Waals surface area (Å²) in [7, 11) is 3.17. The summed E-state index contributed by atoms with van der Waals surface area (Å²) < 4.78 is 26.7. The molecule has 0 radical (unpaired) electrons. The number of carbonyl (C=O) groups is 1. The number of thioether (sulfide) groups is 1. The Morgan fingerprint density at radius 1 is 0.941 bits per heavy atom. The van der Waals surface area contributed by atoms with E-state index >= 15 is 0 Å². The van der Waals surface area contributed by atoms with Gasteiger partial charge in [0.15, 0.2) is 11.5 Å². The standard InChI is InChI=1S/C26H22FN3O3S/c1-32-22-12-11-17(13-23(22)33-2)25-21(15-29(28-25)19-8-4-3-5-9-19)26-30(24(31)16-34-26)20-10-6-7-18(27)14-20/h3-15,26H,16H2,1-2H3. The van der Waals surface area contributed by atoms with Gasteiger partial charge in [-0.25, -0.2) is 9.07 Å². The largest absolute Gasteiger partial charge is 0.493 e. The number of nitrogens with zero attached hydrogens (tertiary/aromatic N) is 3. The van der Waals surface area contributed by atoms with E-state index in [-0.39, 0.29) is 17.1 Å². The van der Waals surface area contributed by atoms with Gasteiger partial charge < -0.3 is 9.47 Å². The van der Waals surface area contributed by atoms with E-state index in [1.165, 1.54) is 23.9 Å². The highest BCUT2D eigenvalue weighted by atomic mass is 32.2. The average molecular weight is 476 g/mol. The highest BCUT2D eigenvalue weighted by Gasteiger charge is 2.37. The normalized spacial score (nSPS) is 15.6. The molecular weight excluding hydrogens is 453 g/mol. The summed E-state index contributed by atoms with van der Waals surface area (Å²) in [6, 6.07) is 21.5. The molecule has 0 saturated carbocycles. The second kappa shape index (κ2) is 9.23. The minimum absolute atomic E-state index is 0.0775. The molecule has 1 aliphatic rings. The summed E-state index contributed by atoms with van der Waals surface area (Å²) in [5.74, 6) is 1.02. The molecule has 0 aliphatic carbocycles. The van der Waals surface area contributed by atoms with E-state index in [0.717, 1.165) is 16.8 Å². The summed E-state index contributed by atoms with van der Waals surface area (Å²) >= 11 is 1.49. The van der Waals surface area contributed by atoms with Gasteiger partial charge in [0.1, 0.15) is 11.2 Å². The number of anilines is 1. The van der Waals surface area contributed by atoms with E-state index in [2.05, 4.69) is 0 Å². The number of carbonyl (C=O) groups excluding carboxylic acids is 1. The Balaban J connectivity index is 1.67. The van der Waals surface area contributed by atoms with Crippen molar-refractivity contribution in [2.75, 3.05) is 24.9 Å². The van der Waals surface area contributed by atoms with Crippen molar-refractivity contribution in [1.29, 1.82) is 0 Å². The van der Waals surface area contributed by atoms with Crippen LogP contribution in [0.5, 0.6) is 11.5 Å². The first kappa shape index (κ1) is 22.0. The molecule has 4 aromatic rings. The van der Waals surface area contributed by atoms with Crippen LogP contribution in [0.3, 0.4) is 0 Å². The van der Waals surface area contributed by atoms with Gasteiger partial charge in [0.2, 0.25) is 5.91 Å². The molecule has 172 valence electrons. The zero-order chi connectivity index (χ0) is 23.7. The van der Waals surface area contributed by atoms with Crippen LogP contribution in [-0.4, -0.2) is 35.7 Å². The quantitative estimate of drug-likeness (QED) is 0.370. The highest BCUT2D eigenvalue weighted by molar-refractivity contribution is 8.00. The van der Waals surface area contributed by atoms with E-state index in [4.69, 9.17) is 14.6 Å². The molecule has 0 spiro atoms. The van der Waals surface area contributed by atoms with Crippen LogP contribution in [0.15, 0.2) is 79.0 Å². The summed E-state index contributed by atoms with van der Waals surface area (Å²) in [4.78, 5) is 14.5. The lowest BCUT2D eigenvalue weighted by Gasteiger charge is -2.24. The predicted molar refractivity (Wildman–Crippen MR) is 131 cm³/mol. The second-order valence-electron chi connectivity index (χ2n) is 7.69. The summed E-state index contributed by atoms with van der Waals surface area (Å²) in [5.41, 5.74) is 3.78. The van der Waals surface area contributed by atoms with E-state index < -0.39 is 0 Å². The number of halogens is 1. The Bertz CT molecular complexity index is 1340. The van der Waals surface area contributed by atoms with Crippen LogP contribution in [0, 0.1) is 5.82 Å². The number of para-hydroxylation sites is 1. The fourth-order valence-corrected chi connectivity index (χ4v) is 5.23. The van der Waals surface area contributed by atoms with Crippen LogP contribution in [0.1, 0.15) is 10.9 Å². The lowest BCUT2D eigenvalue weighted by atomic mass is 10.1. The van der Waals surface area contributed by atoms with Crippen LogP contribution in [-0.2, 0) is 4.79 Å². The van der Waals surface area contributed by atoms with Gasteiger partial charge in [-0.3, -0.25) is 9.69 Å². The molecule has 3 aromatic carbocycles. The van der Waals surface area contributed by atoms with Crippen molar-refractivity contribution in [2.45, 2.75) is 5.37 Å². The molecule has 1 fully saturated rings. The second-order valence-corrected chi connectivity index (χ2v) is 8.76. The third-order valence-corrected chi connectivity index (χ3v) is 6.83. The zero-order valence-electron chi connectivity index (χ0n) is 18.6. The van der Waals surface area contributed by atoms with E-state index in [0.29, 0.717) is 28.6 Å². The number of ether oxygens (including phenoxy) is 2. The van der Waals surface area contributed by atoms with Gasteiger partial charge in [0, 0.05) is 23.0 Å². The zero-order valence-corrected chi connectivity index (χ0v) is 19.5. The molecule has 2 heterocycles. The first-order chi connectivity index (χ1) is 16.6. The van der Waals surface area contributed by atoms with Gasteiger partial charge in [-0.15, -0.1) is 11.8 Å². The Hall–Kier alpha value is -3.78. The summed E-state index contributed by atoms with van der Waals surface area (Å²) in [5, 5.41) is 4.53. The molecular formula is C26H22FN3O3S. The van der Waals surface area contributed by atoms with Crippen molar-refractivity contribution in [3.63, 3.8) is 0 Å². The first-order valence-electron chi connectivity index (χ1n) is 10.7. The van der Waals surface area contributed by atoms with Crippen LogP contribution in [0.4, 0.5) is 10.1 Å². The Labute approximate surface area is 200 Å². The van der Waals surface area contributed by atoms with Crippen LogP contribution in [0.25, 0.3) is 16.9 Å². The minimum atomic E-state index is -0.388. The molecule has 8 heteroatoms. The maximum atomic E-state index is 14.0. The van der Waals surface area contributed by atoms with Crippen molar-refractivity contribution >= 4 is 23.4 Å². The van der Waals surface area contributed by atoms with Crippen molar-refractivity contribution < 1.29 is 18.7 Å². The Morgan fingerprint density at radius 2 is 1.71 bits per heavy atom. The molecule has 5 rings (SSSR count). The maximum absolute atomic E-state index is 14.0. The van der Waals surface area contributed by atoms with Crippen LogP contribution >= 0.6 is 11.8 Å². The lowest BCUT2D eigenvalue weighted by Crippen LogP contribution is -2.28. The fourth-order valence-electron chi connectivity index (χ4n) is 4.05. The van der Waals surface area contributed by atoms with Gasteiger partial charge in [-0.2, -0.15) is 5.10 Å². The van der Waals surface area contributed by atoms with Crippen LogP contribution < -0.4 is 14.4 Å².